The van der Waals surface area contributed by atoms with Gasteiger partial charge in [0, 0.05) is 12.0 Å². The number of nitrogens with one attached hydrogen (secondary N) is 2. The van der Waals surface area contributed by atoms with Crippen molar-refractivity contribution >= 4 is 17.5 Å². The number of benzene rings is 1. The molecule has 0 saturated heterocycles. The standard InChI is InChI=1S/C14H14F2N2O2/c1-2-12(19)17-9-6-8(7-9)14(20)18-11-5-3-4-10(15)13(11)16/h2-5,8-9H,1,6-7H2,(H,17,19)(H,18,20). The first-order valence-electron chi connectivity index (χ1n) is 6.19. The maximum absolute atomic E-state index is 13.4. The van der Waals surface area contributed by atoms with Gasteiger partial charge in [-0.25, -0.2) is 8.78 Å². The molecular weight excluding hydrogens is 266 g/mol. The van der Waals surface area contributed by atoms with Gasteiger partial charge >= 0.3 is 0 Å². The summed E-state index contributed by atoms with van der Waals surface area (Å²) in [5.74, 6) is -3.05. The molecule has 0 spiro atoms. The average molecular weight is 280 g/mol. The molecule has 0 aromatic heterocycles. The van der Waals surface area contributed by atoms with Crippen LogP contribution in [0.1, 0.15) is 12.8 Å². The van der Waals surface area contributed by atoms with E-state index in [1.54, 1.807) is 0 Å². The van der Waals surface area contributed by atoms with E-state index in [0.717, 1.165) is 12.1 Å². The molecule has 1 aliphatic rings. The zero-order chi connectivity index (χ0) is 14.7. The summed E-state index contributed by atoms with van der Waals surface area (Å²) in [6, 6.07) is 3.52. The van der Waals surface area contributed by atoms with E-state index in [-0.39, 0.29) is 29.5 Å². The molecule has 20 heavy (non-hydrogen) atoms. The highest BCUT2D eigenvalue weighted by Gasteiger charge is 2.35. The quantitative estimate of drug-likeness (QED) is 0.829. The van der Waals surface area contributed by atoms with Crippen molar-refractivity contribution in [1.29, 1.82) is 0 Å². The Bertz CT molecular complexity index is 554. The van der Waals surface area contributed by atoms with Crippen LogP contribution in [0.15, 0.2) is 30.9 Å². The van der Waals surface area contributed by atoms with Gasteiger partial charge in [0.15, 0.2) is 11.6 Å². The third-order valence-corrected chi connectivity index (χ3v) is 3.25. The van der Waals surface area contributed by atoms with E-state index in [1.807, 2.05) is 0 Å². The van der Waals surface area contributed by atoms with Gasteiger partial charge in [0.05, 0.1) is 5.69 Å². The van der Waals surface area contributed by atoms with Crippen LogP contribution in [0, 0.1) is 17.6 Å². The third kappa shape index (κ3) is 3.01. The number of anilines is 1. The molecule has 2 amide bonds. The zero-order valence-corrected chi connectivity index (χ0v) is 10.7. The van der Waals surface area contributed by atoms with Crippen molar-refractivity contribution in [3.05, 3.63) is 42.5 Å². The van der Waals surface area contributed by atoms with Crippen LogP contribution in [-0.4, -0.2) is 17.9 Å². The van der Waals surface area contributed by atoms with Crippen LogP contribution in [0.25, 0.3) is 0 Å². The third-order valence-electron chi connectivity index (χ3n) is 3.25. The summed E-state index contributed by atoms with van der Waals surface area (Å²) in [6.45, 7) is 3.33. The van der Waals surface area contributed by atoms with Gasteiger partial charge in [0.1, 0.15) is 0 Å². The Labute approximate surface area is 114 Å². The molecule has 0 aliphatic heterocycles. The topological polar surface area (TPSA) is 58.2 Å². The van der Waals surface area contributed by atoms with Crippen molar-refractivity contribution in [1.82, 2.24) is 5.32 Å². The van der Waals surface area contributed by atoms with E-state index in [2.05, 4.69) is 17.2 Å². The summed E-state index contributed by atoms with van der Waals surface area (Å²) >= 11 is 0. The fraction of sp³-hybridized carbons (Fsp3) is 0.286. The Morgan fingerprint density at radius 1 is 1.30 bits per heavy atom. The molecule has 2 N–H and O–H groups in total. The minimum absolute atomic E-state index is 0.0754. The minimum atomic E-state index is -1.07. The summed E-state index contributed by atoms with van der Waals surface area (Å²) < 4.78 is 26.4. The second kappa shape index (κ2) is 5.81. The van der Waals surface area contributed by atoms with Gasteiger partial charge in [-0.1, -0.05) is 12.6 Å². The smallest absolute Gasteiger partial charge is 0.243 e. The molecule has 1 aliphatic carbocycles. The Morgan fingerprint density at radius 2 is 2.00 bits per heavy atom. The Morgan fingerprint density at radius 3 is 2.65 bits per heavy atom. The number of rotatable bonds is 4. The van der Waals surface area contributed by atoms with E-state index >= 15 is 0 Å². The predicted octanol–water partition coefficient (Wildman–Crippen LogP) is 1.98. The van der Waals surface area contributed by atoms with Crippen molar-refractivity contribution < 1.29 is 18.4 Å². The number of hydrogen-bond acceptors (Lipinski definition) is 2. The number of halogens is 2. The maximum atomic E-state index is 13.4. The highest BCUT2D eigenvalue weighted by atomic mass is 19.2. The average Bonchev–Trinajstić information content (AvgIpc) is 2.38. The van der Waals surface area contributed by atoms with Gasteiger partial charge in [-0.05, 0) is 31.1 Å². The number of hydrogen-bond donors (Lipinski definition) is 2. The van der Waals surface area contributed by atoms with Crippen molar-refractivity contribution in [2.45, 2.75) is 18.9 Å². The number of carbonyl (C=O) groups is 2. The first kappa shape index (κ1) is 14.2. The van der Waals surface area contributed by atoms with Gasteiger partial charge in [-0.15, -0.1) is 0 Å². The first-order valence-corrected chi connectivity index (χ1v) is 6.19. The lowest BCUT2D eigenvalue weighted by Crippen LogP contribution is -2.47. The molecule has 6 heteroatoms. The number of carbonyl (C=O) groups excluding carboxylic acids is 2. The molecule has 0 unspecified atom stereocenters. The molecule has 1 saturated carbocycles. The Balaban J connectivity index is 1.87. The summed E-state index contributed by atoms with van der Waals surface area (Å²) in [7, 11) is 0. The Hall–Kier alpha value is -2.24. The van der Waals surface area contributed by atoms with Gasteiger partial charge in [-0.2, -0.15) is 0 Å². The van der Waals surface area contributed by atoms with Crippen LogP contribution >= 0.6 is 0 Å². The second-order valence-corrected chi connectivity index (χ2v) is 4.67. The lowest BCUT2D eigenvalue weighted by molar-refractivity contribution is -0.125. The van der Waals surface area contributed by atoms with Crippen LogP contribution in [0.2, 0.25) is 0 Å². The SMILES string of the molecule is C=CC(=O)NC1CC(C(=O)Nc2cccc(F)c2F)C1. The van der Waals surface area contributed by atoms with Gasteiger partial charge in [0.2, 0.25) is 11.8 Å². The lowest BCUT2D eigenvalue weighted by Gasteiger charge is -2.34. The Kier molecular flexibility index (Phi) is 4.12. The van der Waals surface area contributed by atoms with E-state index in [1.165, 1.54) is 12.1 Å². The van der Waals surface area contributed by atoms with Crippen LogP contribution < -0.4 is 10.6 Å². The van der Waals surface area contributed by atoms with Crippen molar-refractivity contribution in [3.8, 4) is 0 Å². The van der Waals surface area contributed by atoms with Crippen LogP contribution in [0.5, 0.6) is 0 Å². The molecule has 0 radical (unpaired) electrons. The molecule has 2 rings (SSSR count). The normalized spacial score (nSPS) is 20.7. The fourth-order valence-corrected chi connectivity index (χ4v) is 2.05. The van der Waals surface area contributed by atoms with Crippen molar-refractivity contribution in [2.24, 2.45) is 5.92 Å². The largest absolute Gasteiger partial charge is 0.350 e. The summed E-state index contributed by atoms with van der Waals surface area (Å²) in [5, 5.41) is 5.02. The molecule has 0 heterocycles. The summed E-state index contributed by atoms with van der Waals surface area (Å²) in [4.78, 5) is 22.9. The summed E-state index contributed by atoms with van der Waals surface area (Å²) in [6.07, 6.45) is 2.11. The molecule has 1 aromatic carbocycles. The van der Waals surface area contributed by atoms with Crippen LogP contribution in [-0.2, 0) is 9.59 Å². The van der Waals surface area contributed by atoms with Gasteiger partial charge in [0.25, 0.3) is 0 Å². The van der Waals surface area contributed by atoms with Gasteiger partial charge < -0.3 is 10.6 Å². The van der Waals surface area contributed by atoms with E-state index in [4.69, 9.17) is 0 Å². The zero-order valence-electron chi connectivity index (χ0n) is 10.7. The van der Waals surface area contributed by atoms with Crippen molar-refractivity contribution in [2.75, 3.05) is 5.32 Å². The maximum Gasteiger partial charge on any atom is 0.243 e. The number of amides is 2. The first-order chi connectivity index (χ1) is 9.51. The molecule has 106 valence electrons. The minimum Gasteiger partial charge on any atom is -0.350 e. The monoisotopic (exact) mass is 280 g/mol. The van der Waals surface area contributed by atoms with Crippen LogP contribution in [0.3, 0.4) is 0 Å². The molecular formula is C14H14F2N2O2. The molecule has 0 atom stereocenters. The van der Waals surface area contributed by atoms with E-state index < -0.39 is 11.6 Å². The van der Waals surface area contributed by atoms with Gasteiger partial charge in [-0.3, -0.25) is 9.59 Å². The van der Waals surface area contributed by atoms with E-state index in [9.17, 15) is 18.4 Å². The van der Waals surface area contributed by atoms with Crippen LogP contribution in [0.4, 0.5) is 14.5 Å². The molecule has 1 fully saturated rings. The summed E-state index contributed by atoms with van der Waals surface area (Å²) in [5.41, 5.74) is -0.173. The molecule has 1 aromatic rings. The van der Waals surface area contributed by atoms with E-state index in [0.29, 0.717) is 12.8 Å². The second-order valence-electron chi connectivity index (χ2n) is 4.67. The highest BCUT2D eigenvalue weighted by Crippen LogP contribution is 2.29. The molecule has 4 nitrogen and oxygen atoms in total. The molecule has 0 bridgehead atoms. The van der Waals surface area contributed by atoms with Crippen molar-refractivity contribution in [3.63, 3.8) is 0 Å². The predicted molar refractivity (Wildman–Crippen MR) is 69.8 cm³/mol. The lowest BCUT2D eigenvalue weighted by atomic mass is 9.79. The fourth-order valence-electron chi connectivity index (χ4n) is 2.05. The highest BCUT2D eigenvalue weighted by molar-refractivity contribution is 5.93.